The van der Waals surface area contributed by atoms with E-state index in [-0.39, 0.29) is 22.9 Å². The average Bonchev–Trinajstić information content (AvgIpc) is 3.09. The molecule has 1 heterocycles. The summed E-state index contributed by atoms with van der Waals surface area (Å²) in [6.45, 7) is 0.462. The van der Waals surface area contributed by atoms with Gasteiger partial charge in [0.2, 0.25) is 11.8 Å². The van der Waals surface area contributed by atoms with Crippen LogP contribution in [0.25, 0.3) is 10.9 Å². The highest BCUT2D eigenvalue weighted by atomic mass is 32.2. The van der Waals surface area contributed by atoms with Crippen molar-refractivity contribution in [3.63, 3.8) is 0 Å². The Labute approximate surface area is 164 Å². The molecule has 144 valence electrons. The summed E-state index contributed by atoms with van der Waals surface area (Å²) < 4.78 is 0. The molecule has 28 heavy (non-hydrogen) atoms. The summed E-state index contributed by atoms with van der Waals surface area (Å²) in [7, 11) is 0. The maximum Gasteiger partial charge on any atom is 0.283 e. The Balaban J connectivity index is 1.54. The van der Waals surface area contributed by atoms with E-state index in [1.165, 1.54) is 12.1 Å². The fraction of sp³-hybridized carbons (Fsp3) is 0.158. The molecule has 0 radical (unpaired) electrons. The fourth-order valence-electron chi connectivity index (χ4n) is 2.80. The highest BCUT2D eigenvalue weighted by Crippen LogP contribution is 2.30. The molecule has 0 fully saturated rings. The van der Waals surface area contributed by atoms with E-state index in [1.807, 2.05) is 30.5 Å². The predicted molar refractivity (Wildman–Crippen MR) is 107 cm³/mol. The summed E-state index contributed by atoms with van der Waals surface area (Å²) in [6, 6.07) is 11.9. The number of thioether (sulfide) groups is 1. The van der Waals surface area contributed by atoms with Gasteiger partial charge in [-0.25, -0.2) is 0 Å². The highest BCUT2D eigenvalue weighted by Gasteiger charge is 2.18. The first kappa shape index (κ1) is 19.4. The molecule has 4 N–H and O–H groups in total. The van der Waals surface area contributed by atoms with Crippen molar-refractivity contribution in [2.45, 2.75) is 11.3 Å². The molecule has 0 saturated carbocycles. The maximum absolute atomic E-state index is 12.1. The molecule has 3 rings (SSSR count). The Kier molecular flexibility index (Phi) is 5.95. The number of nitrogens with one attached hydrogen (secondary N) is 2. The Morgan fingerprint density at radius 1 is 1.21 bits per heavy atom. The van der Waals surface area contributed by atoms with Crippen molar-refractivity contribution in [1.82, 2.24) is 10.3 Å². The van der Waals surface area contributed by atoms with Crippen LogP contribution < -0.4 is 11.1 Å². The molecule has 0 spiro atoms. The number of carbonyl (C=O) groups excluding carboxylic acids is 2. The molecule has 1 aromatic heterocycles. The number of aromatic nitrogens is 1. The Morgan fingerprint density at radius 3 is 2.75 bits per heavy atom. The molecular formula is C19H18N4O4S. The van der Waals surface area contributed by atoms with Crippen LogP contribution in [0.1, 0.15) is 15.9 Å². The largest absolute Gasteiger partial charge is 0.366 e. The molecule has 3 aromatic rings. The number of aromatic amines is 1. The van der Waals surface area contributed by atoms with Gasteiger partial charge in [-0.05, 0) is 30.2 Å². The van der Waals surface area contributed by atoms with Crippen molar-refractivity contribution in [1.29, 1.82) is 0 Å². The quantitative estimate of drug-likeness (QED) is 0.305. The van der Waals surface area contributed by atoms with Crippen molar-refractivity contribution in [3.05, 3.63) is 69.9 Å². The number of nitro benzene ring substituents is 1. The number of primary amides is 1. The lowest BCUT2D eigenvalue weighted by Gasteiger charge is -2.06. The number of nitrogens with two attached hydrogens (primary N) is 1. The first-order valence-electron chi connectivity index (χ1n) is 8.48. The van der Waals surface area contributed by atoms with Crippen LogP contribution in [0, 0.1) is 10.1 Å². The number of fused-ring (bicyclic) bond motifs is 1. The maximum atomic E-state index is 12.1. The third-order valence-electron chi connectivity index (χ3n) is 4.19. The Bertz CT molecular complexity index is 1050. The van der Waals surface area contributed by atoms with E-state index in [0.29, 0.717) is 17.9 Å². The molecule has 0 unspecified atom stereocenters. The Hall–Kier alpha value is -3.33. The number of H-pyrrole nitrogens is 1. The molecule has 0 atom stereocenters. The monoisotopic (exact) mass is 398 g/mol. The summed E-state index contributed by atoms with van der Waals surface area (Å²) in [6.07, 6.45) is 2.60. The summed E-state index contributed by atoms with van der Waals surface area (Å²) >= 11 is 1.04. The topological polar surface area (TPSA) is 131 Å². The average molecular weight is 398 g/mol. The normalized spacial score (nSPS) is 10.7. The third kappa shape index (κ3) is 4.49. The molecule has 2 aromatic carbocycles. The number of hydrogen-bond acceptors (Lipinski definition) is 5. The van der Waals surface area contributed by atoms with Crippen LogP contribution in [0.5, 0.6) is 0 Å². The number of amides is 2. The van der Waals surface area contributed by atoms with E-state index in [2.05, 4.69) is 10.3 Å². The minimum absolute atomic E-state index is 0.0324. The van der Waals surface area contributed by atoms with Crippen molar-refractivity contribution >= 4 is 40.2 Å². The van der Waals surface area contributed by atoms with E-state index in [1.54, 1.807) is 0 Å². The highest BCUT2D eigenvalue weighted by molar-refractivity contribution is 8.00. The summed E-state index contributed by atoms with van der Waals surface area (Å²) in [5.74, 6) is -0.933. The van der Waals surface area contributed by atoms with E-state index in [9.17, 15) is 19.7 Å². The van der Waals surface area contributed by atoms with E-state index in [4.69, 9.17) is 5.73 Å². The first-order valence-corrected chi connectivity index (χ1v) is 9.47. The number of carbonyl (C=O) groups is 2. The molecule has 0 aliphatic carbocycles. The van der Waals surface area contributed by atoms with E-state index in [0.717, 1.165) is 34.3 Å². The first-order chi connectivity index (χ1) is 13.5. The van der Waals surface area contributed by atoms with Gasteiger partial charge in [-0.15, -0.1) is 11.8 Å². The minimum atomic E-state index is -0.741. The second-order valence-corrected chi connectivity index (χ2v) is 7.07. The van der Waals surface area contributed by atoms with Crippen LogP contribution in [-0.2, 0) is 11.2 Å². The zero-order chi connectivity index (χ0) is 20.1. The van der Waals surface area contributed by atoms with Gasteiger partial charge < -0.3 is 16.0 Å². The number of rotatable bonds is 8. The van der Waals surface area contributed by atoms with Crippen LogP contribution in [0.3, 0.4) is 0 Å². The lowest BCUT2D eigenvalue weighted by atomic mass is 10.1. The fourth-order valence-corrected chi connectivity index (χ4v) is 3.64. The van der Waals surface area contributed by atoms with Crippen molar-refractivity contribution in [2.24, 2.45) is 5.73 Å². The summed E-state index contributed by atoms with van der Waals surface area (Å²) in [4.78, 5) is 37.3. The van der Waals surface area contributed by atoms with Crippen molar-refractivity contribution in [3.8, 4) is 0 Å². The number of nitrogens with zero attached hydrogens (tertiary/aromatic N) is 1. The smallest absolute Gasteiger partial charge is 0.283 e. The van der Waals surface area contributed by atoms with Gasteiger partial charge in [0.15, 0.2) is 0 Å². The molecule has 0 saturated heterocycles. The number of nitro groups is 1. The van der Waals surface area contributed by atoms with E-state index < -0.39 is 10.8 Å². The molecule has 0 aliphatic heterocycles. The van der Waals surface area contributed by atoms with Gasteiger partial charge in [0.25, 0.3) is 5.69 Å². The standard InChI is InChI=1S/C19H18N4O4S/c20-19(25)12-5-6-17(16(9-12)23(26)27)28-11-18(24)21-8-7-13-10-22-15-4-2-1-3-14(13)15/h1-6,9-10,22H,7-8,11H2,(H2,20,25)(H,21,24). The van der Waals surface area contributed by atoms with Crippen LogP contribution in [0.4, 0.5) is 5.69 Å². The summed E-state index contributed by atoms with van der Waals surface area (Å²) in [5.41, 5.74) is 7.12. The molecule has 9 heteroatoms. The lowest BCUT2D eigenvalue weighted by molar-refractivity contribution is -0.387. The van der Waals surface area contributed by atoms with E-state index >= 15 is 0 Å². The van der Waals surface area contributed by atoms with Crippen LogP contribution in [-0.4, -0.2) is 34.0 Å². The minimum Gasteiger partial charge on any atom is -0.366 e. The number of hydrogen-bond donors (Lipinski definition) is 3. The van der Waals surface area contributed by atoms with Gasteiger partial charge in [-0.2, -0.15) is 0 Å². The lowest BCUT2D eigenvalue weighted by Crippen LogP contribution is -2.27. The molecule has 2 amide bonds. The van der Waals surface area contributed by atoms with Gasteiger partial charge >= 0.3 is 0 Å². The van der Waals surface area contributed by atoms with Gasteiger partial charge in [0.1, 0.15) is 0 Å². The molecular weight excluding hydrogens is 380 g/mol. The second-order valence-electron chi connectivity index (χ2n) is 6.05. The number of para-hydroxylation sites is 1. The zero-order valence-corrected chi connectivity index (χ0v) is 15.6. The van der Waals surface area contributed by atoms with Crippen LogP contribution >= 0.6 is 11.8 Å². The van der Waals surface area contributed by atoms with Crippen molar-refractivity contribution in [2.75, 3.05) is 12.3 Å². The predicted octanol–water partition coefficient (Wildman–Crippen LogP) is 2.63. The molecule has 8 nitrogen and oxygen atoms in total. The SMILES string of the molecule is NC(=O)c1ccc(SCC(=O)NCCc2c[nH]c3ccccc23)c([N+](=O)[O-])c1. The van der Waals surface area contributed by atoms with Crippen LogP contribution in [0.2, 0.25) is 0 Å². The van der Waals surface area contributed by atoms with Gasteiger partial charge in [0.05, 0.1) is 15.6 Å². The Morgan fingerprint density at radius 2 is 2.00 bits per heavy atom. The summed E-state index contributed by atoms with van der Waals surface area (Å²) in [5, 5.41) is 15.1. The van der Waals surface area contributed by atoms with Gasteiger partial charge in [-0.1, -0.05) is 18.2 Å². The molecule has 0 aliphatic rings. The van der Waals surface area contributed by atoms with Gasteiger partial charge in [-0.3, -0.25) is 19.7 Å². The second kappa shape index (κ2) is 8.57. The van der Waals surface area contributed by atoms with Gasteiger partial charge in [0, 0.05) is 35.3 Å². The molecule has 0 bridgehead atoms. The third-order valence-corrected chi connectivity index (χ3v) is 5.25. The van der Waals surface area contributed by atoms with Crippen LogP contribution in [0.15, 0.2) is 53.6 Å². The number of benzene rings is 2. The van der Waals surface area contributed by atoms with Crippen molar-refractivity contribution < 1.29 is 14.5 Å². The zero-order valence-electron chi connectivity index (χ0n) is 14.8.